The van der Waals surface area contributed by atoms with Gasteiger partial charge in [-0.1, -0.05) is 5.16 Å². The van der Waals surface area contributed by atoms with Crippen molar-refractivity contribution in [1.29, 1.82) is 0 Å². The van der Waals surface area contributed by atoms with Crippen LogP contribution >= 0.6 is 0 Å². The van der Waals surface area contributed by atoms with Crippen molar-refractivity contribution in [2.24, 2.45) is 0 Å². The van der Waals surface area contributed by atoms with Crippen molar-refractivity contribution in [3.63, 3.8) is 0 Å². The second-order valence-corrected chi connectivity index (χ2v) is 9.52. The van der Waals surface area contributed by atoms with Crippen molar-refractivity contribution in [3.8, 4) is 0 Å². The smallest absolute Gasteiger partial charge is 0.322 e. The summed E-state index contributed by atoms with van der Waals surface area (Å²) in [6, 6.07) is 6.35. The van der Waals surface area contributed by atoms with E-state index in [9.17, 15) is 13.2 Å². The van der Waals surface area contributed by atoms with E-state index in [1.165, 1.54) is 10.6 Å². The van der Waals surface area contributed by atoms with E-state index in [0.717, 1.165) is 16.5 Å². The van der Waals surface area contributed by atoms with Crippen molar-refractivity contribution in [1.82, 2.24) is 14.4 Å². The van der Waals surface area contributed by atoms with Gasteiger partial charge in [0.05, 0.1) is 11.2 Å². The number of sulfonamides is 1. The molecule has 156 valence electrons. The zero-order valence-electron chi connectivity index (χ0n) is 16.5. The molecule has 0 fully saturated rings. The van der Waals surface area contributed by atoms with E-state index < -0.39 is 10.0 Å². The number of hydrogen-bond donors (Lipinski definition) is 1. The fraction of sp³-hybridized carbons (Fsp3) is 0.300. The summed E-state index contributed by atoms with van der Waals surface area (Å²) < 4.78 is 38.0. The Morgan fingerprint density at radius 2 is 1.83 bits per heavy atom. The topological polar surface area (TPSA) is 109 Å². The number of rotatable bonds is 3. The first kappa shape index (κ1) is 18.9. The van der Waals surface area contributed by atoms with Crippen molar-refractivity contribution >= 4 is 32.7 Å². The molecule has 5 rings (SSSR count). The first-order chi connectivity index (χ1) is 14.3. The van der Waals surface area contributed by atoms with Gasteiger partial charge in [-0.05, 0) is 49.3 Å². The third-order valence-corrected chi connectivity index (χ3v) is 7.40. The first-order valence-corrected chi connectivity index (χ1v) is 10.9. The van der Waals surface area contributed by atoms with E-state index in [1.54, 1.807) is 43.0 Å². The van der Waals surface area contributed by atoms with Crippen LogP contribution in [0.15, 0.2) is 55.5 Å². The predicted molar refractivity (Wildman–Crippen MR) is 109 cm³/mol. The molecule has 1 N–H and O–H groups in total. The third-order valence-electron chi connectivity index (χ3n) is 5.61. The molecule has 30 heavy (non-hydrogen) atoms. The normalized spacial score (nSPS) is 17.2. The van der Waals surface area contributed by atoms with Crippen LogP contribution in [0.3, 0.4) is 0 Å². The molecular weight excluding hydrogens is 408 g/mol. The molecule has 0 aliphatic carbocycles. The first-order valence-electron chi connectivity index (χ1n) is 9.49. The lowest BCUT2D eigenvalue weighted by molar-refractivity contribution is 0.222. The summed E-state index contributed by atoms with van der Waals surface area (Å²) in [5.41, 5.74) is 3.78. The number of furan rings is 1. The van der Waals surface area contributed by atoms with Crippen LogP contribution in [0.1, 0.15) is 11.5 Å². The van der Waals surface area contributed by atoms with Crippen molar-refractivity contribution in [3.05, 3.63) is 53.1 Å². The van der Waals surface area contributed by atoms with Crippen LogP contribution in [-0.2, 0) is 10.0 Å². The minimum absolute atomic E-state index is 0.241. The van der Waals surface area contributed by atoms with E-state index in [2.05, 4.69) is 10.5 Å². The molecule has 0 spiro atoms. The molecule has 1 aromatic carbocycles. The lowest BCUT2D eigenvalue weighted by atomic mass is 10.2. The number of nitrogens with one attached hydrogen (secondary N) is 1. The summed E-state index contributed by atoms with van der Waals surface area (Å²) in [7, 11) is -3.63. The summed E-state index contributed by atoms with van der Waals surface area (Å²) in [6.45, 7) is 4.88. The van der Waals surface area contributed by atoms with E-state index >= 15 is 0 Å². The molecular formula is C20H20N4O5S. The Hall–Kier alpha value is -3.11. The standard InChI is InChI=1S/C20H20N4O5S/c1-12-19(13(2)29-22-12)21-20(25)23-8-15-10-24(11-16(15)9-23)30(26,27)17-3-4-18-14(7-17)5-6-28-18/h3-7H,8-11H2,1-2H3,(H,21,25). The molecule has 2 aliphatic rings. The van der Waals surface area contributed by atoms with Gasteiger partial charge in [0.25, 0.3) is 0 Å². The summed E-state index contributed by atoms with van der Waals surface area (Å²) in [5, 5.41) is 7.42. The van der Waals surface area contributed by atoms with Crippen molar-refractivity contribution in [2.45, 2.75) is 18.7 Å². The van der Waals surface area contributed by atoms with Gasteiger partial charge < -0.3 is 19.2 Å². The van der Waals surface area contributed by atoms with Crippen LogP contribution in [0.2, 0.25) is 0 Å². The fourth-order valence-electron chi connectivity index (χ4n) is 3.96. The number of fused-ring (bicyclic) bond motifs is 1. The Bertz CT molecular complexity index is 1270. The Morgan fingerprint density at radius 1 is 1.10 bits per heavy atom. The maximum atomic E-state index is 13.1. The van der Waals surface area contributed by atoms with Gasteiger partial charge >= 0.3 is 6.03 Å². The van der Waals surface area contributed by atoms with Gasteiger partial charge in [-0.2, -0.15) is 4.31 Å². The number of aromatic nitrogens is 1. The van der Waals surface area contributed by atoms with Gasteiger partial charge in [-0.15, -0.1) is 0 Å². The highest BCUT2D eigenvalue weighted by Crippen LogP contribution is 2.31. The minimum atomic E-state index is -3.63. The van der Waals surface area contributed by atoms with Gasteiger partial charge in [-0.3, -0.25) is 0 Å². The van der Waals surface area contributed by atoms with Gasteiger partial charge in [-0.25, -0.2) is 13.2 Å². The Kier molecular flexibility index (Phi) is 4.23. The summed E-state index contributed by atoms with van der Waals surface area (Å²) in [5.74, 6) is 0.549. The van der Waals surface area contributed by atoms with Crippen molar-refractivity contribution in [2.75, 3.05) is 31.5 Å². The molecule has 0 unspecified atom stereocenters. The molecule has 9 nitrogen and oxygen atoms in total. The van der Waals surface area contributed by atoms with Crippen LogP contribution in [-0.4, -0.2) is 55.0 Å². The predicted octanol–water partition coefficient (Wildman–Crippen LogP) is 2.89. The Morgan fingerprint density at radius 3 is 2.50 bits per heavy atom. The van der Waals surface area contributed by atoms with E-state index in [4.69, 9.17) is 8.94 Å². The molecule has 2 amide bonds. The highest BCUT2D eigenvalue weighted by Gasteiger charge is 2.38. The van der Waals surface area contributed by atoms with Gasteiger partial charge in [0.1, 0.15) is 17.0 Å². The van der Waals surface area contributed by atoms with Gasteiger partial charge in [0.15, 0.2) is 5.76 Å². The zero-order chi connectivity index (χ0) is 21.0. The molecule has 0 bridgehead atoms. The molecule has 2 aliphatic heterocycles. The van der Waals surface area contributed by atoms with Crippen LogP contribution in [0, 0.1) is 13.8 Å². The number of carbonyl (C=O) groups is 1. The lowest BCUT2D eigenvalue weighted by Crippen LogP contribution is -2.38. The van der Waals surface area contributed by atoms with Crippen molar-refractivity contribution < 1.29 is 22.2 Å². The van der Waals surface area contributed by atoms with Gasteiger partial charge in [0.2, 0.25) is 10.0 Å². The monoisotopic (exact) mass is 428 g/mol. The Labute approximate surface area is 173 Å². The number of hydrogen-bond acceptors (Lipinski definition) is 6. The number of benzene rings is 1. The second kappa shape index (κ2) is 6.71. The number of urea groups is 1. The van der Waals surface area contributed by atoms with Crippen LogP contribution in [0.4, 0.5) is 10.5 Å². The fourth-order valence-corrected chi connectivity index (χ4v) is 5.43. The molecule has 10 heteroatoms. The molecule has 0 saturated carbocycles. The quantitative estimate of drug-likeness (QED) is 0.643. The third kappa shape index (κ3) is 2.99. The molecule has 0 radical (unpaired) electrons. The van der Waals surface area contributed by atoms with Crippen LogP contribution < -0.4 is 5.32 Å². The molecule has 4 heterocycles. The van der Waals surface area contributed by atoms with Crippen LogP contribution in [0.5, 0.6) is 0 Å². The number of amides is 2. The zero-order valence-corrected chi connectivity index (χ0v) is 17.3. The number of aryl methyl sites for hydroxylation is 2. The summed E-state index contributed by atoms with van der Waals surface area (Å²) in [6.07, 6.45) is 1.54. The Balaban J connectivity index is 1.27. The number of carbonyl (C=O) groups excluding carboxylic acids is 1. The highest BCUT2D eigenvalue weighted by molar-refractivity contribution is 7.89. The van der Waals surface area contributed by atoms with E-state index in [1.807, 2.05) is 0 Å². The summed E-state index contributed by atoms with van der Waals surface area (Å²) in [4.78, 5) is 14.5. The average Bonchev–Trinajstić information content (AvgIpc) is 3.47. The van der Waals surface area contributed by atoms with E-state index in [0.29, 0.717) is 35.8 Å². The molecule has 0 saturated heterocycles. The van der Waals surface area contributed by atoms with Gasteiger partial charge in [0, 0.05) is 31.6 Å². The van der Waals surface area contributed by atoms with Crippen LogP contribution in [0.25, 0.3) is 11.0 Å². The highest BCUT2D eigenvalue weighted by atomic mass is 32.2. The number of anilines is 1. The average molecular weight is 428 g/mol. The largest absolute Gasteiger partial charge is 0.464 e. The lowest BCUT2D eigenvalue weighted by Gasteiger charge is -2.23. The summed E-state index contributed by atoms with van der Waals surface area (Å²) >= 11 is 0. The SMILES string of the molecule is Cc1noc(C)c1NC(=O)N1CC2=C(C1)CN(S(=O)(=O)c1ccc3occc3c1)C2. The maximum Gasteiger partial charge on any atom is 0.322 e. The van der Waals surface area contributed by atoms with E-state index in [-0.39, 0.29) is 24.0 Å². The number of nitrogens with zero attached hydrogens (tertiary/aromatic N) is 3. The second-order valence-electron chi connectivity index (χ2n) is 7.59. The molecule has 2 aromatic heterocycles. The minimum Gasteiger partial charge on any atom is -0.464 e. The maximum absolute atomic E-state index is 13.1. The molecule has 0 atom stereocenters. The molecule has 3 aromatic rings.